The lowest BCUT2D eigenvalue weighted by molar-refractivity contribution is -0.170. The molecule has 3 atom stereocenters. The molecule has 0 radical (unpaired) electrons. The summed E-state index contributed by atoms with van der Waals surface area (Å²) in [5.41, 5.74) is 1.79. The molecule has 0 aromatic heterocycles. The summed E-state index contributed by atoms with van der Waals surface area (Å²) < 4.78 is 5.39. The minimum Gasteiger partial charge on any atom is -0.379 e. The summed E-state index contributed by atoms with van der Waals surface area (Å²) in [6, 6.07) is 0. The van der Waals surface area contributed by atoms with Crippen LogP contribution in [0.2, 0.25) is 0 Å². The number of unbranched alkanes of at least 4 members (excludes halogenated alkanes) is 1. The Labute approximate surface area is 294 Å². The Morgan fingerprint density at radius 1 is 0.688 bits per heavy atom. The zero-order valence-electron chi connectivity index (χ0n) is 30.6. The molecule has 13 nitrogen and oxygen atoms in total. The number of rotatable bonds is 24. The molecule has 48 heavy (non-hydrogen) atoms. The number of nitrogens with two attached hydrogens (primary N) is 1. The van der Waals surface area contributed by atoms with E-state index in [1.807, 2.05) is 20.8 Å². The standard InChI is InChI=1S/C34H66N8O5S/c1-7-10-14-27(43)36-17-12-19-39-30(46)34(6,32(4,8-2)28(44)37-16-11-15-35)33(5,9-3)29(45)38-18-13-20-40-31(48)41-21-22-42-23-25-47-26-24-42/h7-26,35H2,1-6H3,(H,36,43)(H,37,44)(H,38,45)(H,39,46)(H2,40,41,48). The maximum atomic E-state index is 14.3. The third kappa shape index (κ3) is 12.7. The number of nitrogens with one attached hydrogen (secondary N) is 6. The summed E-state index contributed by atoms with van der Waals surface area (Å²) in [6.45, 7) is 18.5. The number of carbonyl (C=O) groups excluding carboxylic acids is 4. The van der Waals surface area contributed by atoms with Crippen LogP contribution in [0.3, 0.4) is 0 Å². The molecule has 3 unspecified atom stereocenters. The molecule has 0 bridgehead atoms. The Morgan fingerprint density at radius 3 is 1.69 bits per heavy atom. The SMILES string of the molecule is CCCCC(=O)NCCCNC(=O)C(C)(C(C)(CC)C(=O)NCCCN)C(C)(CC)C(=O)NCCCNC(=S)NCCN1CCOCC1. The van der Waals surface area contributed by atoms with Gasteiger partial charge < -0.3 is 42.4 Å². The van der Waals surface area contributed by atoms with Crippen LogP contribution in [0.25, 0.3) is 0 Å². The van der Waals surface area contributed by atoms with Gasteiger partial charge in [0, 0.05) is 65.3 Å². The molecule has 0 aromatic carbocycles. The molecule has 1 heterocycles. The van der Waals surface area contributed by atoms with E-state index in [1.165, 1.54) is 0 Å². The minimum absolute atomic E-state index is 0.00647. The van der Waals surface area contributed by atoms with Gasteiger partial charge >= 0.3 is 0 Å². The second kappa shape index (κ2) is 23.0. The first-order valence-electron chi connectivity index (χ1n) is 18.0. The van der Waals surface area contributed by atoms with Gasteiger partial charge in [-0.05, 0) is 78.1 Å². The quantitative estimate of drug-likeness (QED) is 0.0576. The van der Waals surface area contributed by atoms with E-state index in [1.54, 1.807) is 20.8 Å². The summed E-state index contributed by atoms with van der Waals surface area (Å²) in [5, 5.41) is 18.9. The van der Waals surface area contributed by atoms with Crippen molar-refractivity contribution in [1.82, 2.24) is 36.8 Å². The van der Waals surface area contributed by atoms with E-state index in [4.69, 9.17) is 22.7 Å². The summed E-state index contributed by atoms with van der Waals surface area (Å²) in [5.74, 6) is -0.946. The molecule has 8 N–H and O–H groups in total. The number of morpholine rings is 1. The van der Waals surface area contributed by atoms with Crippen LogP contribution in [0.5, 0.6) is 0 Å². The van der Waals surface area contributed by atoms with Crippen molar-refractivity contribution in [3.05, 3.63) is 0 Å². The maximum absolute atomic E-state index is 14.3. The molecule has 1 rings (SSSR count). The average molecular weight is 699 g/mol. The van der Waals surface area contributed by atoms with Crippen molar-refractivity contribution < 1.29 is 23.9 Å². The summed E-state index contributed by atoms with van der Waals surface area (Å²) >= 11 is 5.41. The zero-order chi connectivity index (χ0) is 36.1. The van der Waals surface area contributed by atoms with Gasteiger partial charge in [-0.3, -0.25) is 24.1 Å². The van der Waals surface area contributed by atoms with Crippen molar-refractivity contribution in [1.29, 1.82) is 0 Å². The first kappa shape index (κ1) is 43.5. The van der Waals surface area contributed by atoms with Crippen LogP contribution in [0, 0.1) is 16.2 Å². The lowest BCUT2D eigenvalue weighted by Gasteiger charge is -2.53. The smallest absolute Gasteiger partial charge is 0.228 e. The molecule has 1 fully saturated rings. The van der Waals surface area contributed by atoms with Gasteiger partial charge in [0.05, 0.1) is 29.5 Å². The van der Waals surface area contributed by atoms with Gasteiger partial charge in [-0.15, -0.1) is 0 Å². The van der Waals surface area contributed by atoms with Crippen molar-refractivity contribution in [2.75, 3.05) is 78.7 Å². The highest BCUT2D eigenvalue weighted by Crippen LogP contribution is 2.55. The zero-order valence-corrected chi connectivity index (χ0v) is 31.4. The number of hydrogen-bond donors (Lipinski definition) is 7. The molecular formula is C34H66N8O5S. The number of nitrogens with zero attached hydrogens (tertiary/aromatic N) is 1. The summed E-state index contributed by atoms with van der Waals surface area (Å²) in [4.78, 5) is 56.5. The fraction of sp³-hybridized carbons (Fsp3) is 0.853. The lowest BCUT2D eigenvalue weighted by Crippen LogP contribution is -2.66. The fourth-order valence-electron chi connectivity index (χ4n) is 6.11. The van der Waals surface area contributed by atoms with E-state index >= 15 is 0 Å². The third-order valence-electron chi connectivity index (χ3n) is 10.2. The van der Waals surface area contributed by atoms with E-state index in [0.717, 1.165) is 52.2 Å². The molecule has 0 saturated carbocycles. The minimum atomic E-state index is -1.42. The van der Waals surface area contributed by atoms with E-state index in [0.29, 0.717) is 82.9 Å². The van der Waals surface area contributed by atoms with Crippen LogP contribution in [-0.4, -0.2) is 112 Å². The highest BCUT2D eigenvalue weighted by atomic mass is 32.1. The second-order valence-electron chi connectivity index (χ2n) is 13.2. The van der Waals surface area contributed by atoms with Crippen molar-refractivity contribution in [3.8, 4) is 0 Å². The molecule has 1 saturated heterocycles. The van der Waals surface area contributed by atoms with E-state index in [2.05, 4.69) is 36.8 Å². The summed E-state index contributed by atoms with van der Waals surface area (Å²) in [6.07, 6.45) is 4.67. The summed E-state index contributed by atoms with van der Waals surface area (Å²) in [7, 11) is 0. The van der Waals surface area contributed by atoms with Gasteiger partial charge in [-0.2, -0.15) is 0 Å². The first-order chi connectivity index (χ1) is 22.9. The normalized spacial score (nSPS) is 17.1. The van der Waals surface area contributed by atoms with Gasteiger partial charge in [0.1, 0.15) is 0 Å². The van der Waals surface area contributed by atoms with Crippen LogP contribution < -0.4 is 37.6 Å². The molecule has 1 aliphatic heterocycles. The monoisotopic (exact) mass is 698 g/mol. The van der Waals surface area contributed by atoms with Gasteiger partial charge in [0.15, 0.2) is 5.11 Å². The van der Waals surface area contributed by atoms with Crippen molar-refractivity contribution in [2.24, 2.45) is 22.0 Å². The van der Waals surface area contributed by atoms with Crippen LogP contribution in [0.4, 0.5) is 0 Å². The van der Waals surface area contributed by atoms with Crippen LogP contribution in [0.15, 0.2) is 0 Å². The van der Waals surface area contributed by atoms with Crippen molar-refractivity contribution in [2.45, 2.75) is 92.9 Å². The van der Waals surface area contributed by atoms with Crippen LogP contribution >= 0.6 is 12.2 Å². The Bertz CT molecular complexity index is 1010. The maximum Gasteiger partial charge on any atom is 0.228 e. The molecule has 0 aliphatic carbocycles. The molecule has 1 aliphatic rings. The molecule has 14 heteroatoms. The van der Waals surface area contributed by atoms with Gasteiger partial charge in [0.25, 0.3) is 0 Å². The fourth-order valence-corrected chi connectivity index (χ4v) is 6.32. The van der Waals surface area contributed by atoms with Crippen molar-refractivity contribution >= 4 is 41.0 Å². The topological polar surface area (TPSA) is 179 Å². The van der Waals surface area contributed by atoms with E-state index < -0.39 is 16.2 Å². The highest BCUT2D eigenvalue weighted by Gasteiger charge is 2.64. The third-order valence-corrected chi connectivity index (χ3v) is 10.5. The highest BCUT2D eigenvalue weighted by molar-refractivity contribution is 7.80. The Morgan fingerprint density at radius 2 is 1.17 bits per heavy atom. The molecule has 0 aromatic rings. The predicted octanol–water partition coefficient (Wildman–Crippen LogP) is 1.41. The number of amides is 4. The molecular weight excluding hydrogens is 632 g/mol. The number of carbonyl (C=O) groups is 4. The Balaban J connectivity index is 2.93. The number of thiocarbonyl (C=S) groups is 1. The van der Waals surface area contributed by atoms with E-state index in [9.17, 15) is 19.2 Å². The average Bonchev–Trinajstić information content (AvgIpc) is 3.09. The van der Waals surface area contributed by atoms with Crippen molar-refractivity contribution in [3.63, 3.8) is 0 Å². The first-order valence-corrected chi connectivity index (χ1v) is 18.4. The predicted molar refractivity (Wildman–Crippen MR) is 195 cm³/mol. The molecule has 0 spiro atoms. The van der Waals surface area contributed by atoms with E-state index in [-0.39, 0.29) is 23.6 Å². The number of hydrogen-bond acceptors (Lipinski definition) is 8. The van der Waals surface area contributed by atoms with Gasteiger partial charge in [0.2, 0.25) is 23.6 Å². The van der Waals surface area contributed by atoms with Gasteiger partial charge in [-0.25, -0.2) is 0 Å². The van der Waals surface area contributed by atoms with Gasteiger partial charge in [-0.1, -0.05) is 27.2 Å². The second-order valence-corrected chi connectivity index (χ2v) is 13.6. The lowest BCUT2D eigenvalue weighted by atomic mass is 9.49. The number of ether oxygens (including phenoxy) is 1. The molecule has 4 amide bonds. The largest absolute Gasteiger partial charge is 0.379 e. The Kier molecular flexibility index (Phi) is 20.8. The molecule has 278 valence electrons. The van der Waals surface area contributed by atoms with Crippen LogP contribution in [0.1, 0.15) is 92.9 Å². The Hall–Kier alpha value is -2.55. The van der Waals surface area contributed by atoms with Crippen LogP contribution in [-0.2, 0) is 23.9 Å².